The first-order valence-corrected chi connectivity index (χ1v) is 5.51. The Morgan fingerprint density at radius 3 is 2.78 bits per heavy atom. The number of aliphatic carboxylic acids is 1. The number of benzene rings is 1. The molecule has 2 heterocycles. The Balaban J connectivity index is 1.92. The first-order chi connectivity index (χ1) is 8.65. The van der Waals surface area contributed by atoms with Crippen molar-refractivity contribution < 1.29 is 28.9 Å². The van der Waals surface area contributed by atoms with Gasteiger partial charge in [-0.25, -0.2) is 4.79 Å². The Kier molecular flexibility index (Phi) is 2.36. The fourth-order valence-corrected chi connectivity index (χ4v) is 2.13. The van der Waals surface area contributed by atoms with Gasteiger partial charge in [0.1, 0.15) is 6.10 Å². The maximum Gasteiger partial charge on any atom is 0.339 e. The molecule has 0 bridgehead atoms. The quantitative estimate of drug-likeness (QED) is 0.818. The standard InChI is InChI=1S/C12H10O6/c13-11(14)2-1-8-6-3-9-10(17-5-16-9)4-7(6)12(15)18-8/h3-4,8H,1-2,5H2,(H,13,14). The van der Waals surface area contributed by atoms with Gasteiger partial charge in [-0.1, -0.05) is 0 Å². The van der Waals surface area contributed by atoms with E-state index in [-0.39, 0.29) is 19.6 Å². The van der Waals surface area contributed by atoms with Gasteiger partial charge in [-0.2, -0.15) is 0 Å². The number of cyclic esters (lactones) is 1. The number of esters is 1. The van der Waals surface area contributed by atoms with Crippen molar-refractivity contribution in [2.24, 2.45) is 0 Å². The molecule has 0 aliphatic carbocycles. The molecule has 0 radical (unpaired) electrons. The lowest BCUT2D eigenvalue weighted by Gasteiger charge is -2.08. The monoisotopic (exact) mass is 250 g/mol. The van der Waals surface area contributed by atoms with E-state index in [0.717, 1.165) is 0 Å². The van der Waals surface area contributed by atoms with Gasteiger partial charge in [0, 0.05) is 12.0 Å². The third-order valence-corrected chi connectivity index (χ3v) is 2.98. The van der Waals surface area contributed by atoms with Gasteiger partial charge >= 0.3 is 11.9 Å². The topological polar surface area (TPSA) is 82.1 Å². The predicted octanol–water partition coefficient (Wildman–Crippen LogP) is 1.49. The number of hydrogen-bond acceptors (Lipinski definition) is 5. The van der Waals surface area contributed by atoms with Crippen LogP contribution in [0.5, 0.6) is 11.5 Å². The molecule has 2 aliphatic heterocycles. The van der Waals surface area contributed by atoms with Crippen LogP contribution in [0.2, 0.25) is 0 Å². The first kappa shape index (κ1) is 10.9. The Morgan fingerprint density at radius 1 is 1.33 bits per heavy atom. The van der Waals surface area contributed by atoms with E-state index in [4.69, 9.17) is 19.3 Å². The van der Waals surface area contributed by atoms with Crippen molar-refractivity contribution in [3.05, 3.63) is 23.3 Å². The summed E-state index contributed by atoms with van der Waals surface area (Å²) in [6.07, 6.45) is -0.308. The highest BCUT2D eigenvalue weighted by molar-refractivity contribution is 5.95. The van der Waals surface area contributed by atoms with Crippen LogP contribution in [0.3, 0.4) is 0 Å². The van der Waals surface area contributed by atoms with Crippen LogP contribution in [0.1, 0.15) is 34.9 Å². The summed E-state index contributed by atoms with van der Waals surface area (Å²) >= 11 is 0. The highest BCUT2D eigenvalue weighted by Crippen LogP contribution is 2.42. The maximum atomic E-state index is 11.7. The average molecular weight is 250 g/mol. The Hall–Kier alpha value is -2.24. The molecule has 3 rings (SSSR count). The van der Waals surface area contributed by atoms with Gasteiger partial charge in [0.05, 0.1) is 5.56 Å². The number of carbonyl (C=O) groups excluding carboxylic acids is 1. The fraction of sp³-hybridized carbons (Fsp3) is 0.333. The van der Waals surface area contributed by atoms with Gasteiger partial charge < -0.3 is 19.3 Å². The van der Waals surface area contributed by atoms with Crippen molar-refractivity contribution in [2.75, 3.05) is 6.79 Å². The van der Waals surface area contributed by atoms with Crippen LogP contribution in [-0.2, 0) is 9.53 Å². The number of rotatable bonds is 3. The second-order valence-electron chi connectivity index (χ2n) is 4.12. The Labute approximate surface area is 102 Å². The molecule has 2 aliphatic rings. The molecule has 0 amide bonds. The lowest BCUT2D eigenvalue weighted by atomic mass is 10.0. The van der Waals surface area contributed by atoms with Crippen LogP contribution in [0, 0.1) is 0 Å². The van der Waals surface area contributed by atoms with Crippen LogP contribution < -0.4 is 9.47 Å². The van der Waals surface area contributed by atoms with Crippen LogP contribution in [0.15, 0.2) is 12.1 Å². The molecule has 0 spiro atoms. The van der Waals surface area contributed by atoms with E-state index in [1.165, 1.54) is 0 Å². The molecule has 1 unspecified atom stereocenters. The summed E-state index contributed by atoms with van der Waals surface area (Å²) in [7, 11) is 0. The molecule has 94 valence electrons. The molecular formula is C12H10O6. The van der Waals surface area contributed by atoms with Crippen molar-refractivity contribution in [3.8, 4) is 11.5 Å². The van der Waals surface area contributed by atoms with Crippen LogP contribution in [0.25, 0.3) is 0 Å². The third kappa shape index (κ3) is 1.66. The zero-order valence-corrected chi connectivity index (χ0v) is 9.34. The summed E-state index contributed by atoms with van der Waals surface area (Å²) in [6.45, 7) is 0.132. The van der Waals surface area contributed by atoms with Crippen LogP contribution in [-0.4, -0.2) is 23.8 Å². The predicted molar refractivity (Wildman–Crippen MR) is 57.6 cm³/mol. The van der Waals surface area contributed by atoms with E-state index in [1.54, 1.807) is 12.1 Å². The molecule has 1 aromatic rings. The summed E-state index contributed by atoms with van der Waals surface area (Å²) in [4.78, 5) is 22.2. The number of carbonyl (C=O) groups is 2. The molecule has 1 N–H and O–H groups in total. The maximum absolute atomic E-state index is 11.7. The lowest BCUT2D eigenvalue weighted by molar-refractivity contribution is -0.137. The molecule has 6 heteroatoms. The normalized spacial score (nSPS) is 19.6. The van der Waals surface area contributed by atoms with E-state index in [1.807, 2.05) is 0 Å². The van der Waals surface area contributed by atoms with E-state index in [0.29, 0.717) is 22.6 Å². The summed E-state index contributed by atoms with van der Waals surface area (Å²) in [6, 6.07) is 3.27. The van der Waals surface area contributed by atoms with E-state index in [9.17, 15) is 9.59 Å². The van der Waals surface area contributed by atoms with E-state index >= 15 is 0 Å². The van der Waals surface area contributed by atoms with Crippen molar-refractivity contribution >= 4 is 11.9 Å². The summed E-state index contributed by atoms with van der Waals surface area (Å²) in [5.41, 5.74) is 1.10. The number of hydrogen-bond donors (Lipinski definition) is 1. The molecule has 0 saturated carbocycles. The van der Waals surface area contributed by atoms with Gasteiger partial charge in [-0.05, 0) is 18.6 Å². The van der Waals surface area contributed by atoms with Crippen molar-refractivity contribution in [1.29, 1.82) is 0 Å². The molecule has 6 nitrogen and oxygen atoms in total. The molecule has 1 atom stereocenters. The molecular weight excluding hydrogens is 240 g/mol. The minimum Gasteiger partial charge on any atom is -0.481 e. The minimum absolute atomic E-state index is 0.0498. The van der Waals surface area contributed by atoms with Crippen molar-refractivity contribution in [1.82, 2.24) is 0 Å². The van der Waals surface area contributed by atoms with Crippen molar-refractivity contribution in [2.45, 2.75) is 18.9 Å². The number of carboxylic acid groups (broad SMARTS) is 1. The Bertz CT molecular complexity index is 536. The first-order valence-electron chi connectivity index (χ1n) is 5.51. The second kappa shape index (κ2) is 3.90. The lowest BCUT2D eigenvalue weighted by Crippen LogP contribution is -2.03. The molecule has 0 aromatic heterocycles. The highest BCUT2D eigenvalue weighted by Gasteiger charge is 2.34. The summed E-state index contributed by atoms with van der Waals surface area (Å²) in [5.74, 6) is -0.282. The largest absolute Gasteiger partial charge is 0.481 e. The van der Waals surface area contributed by atoms with Gasteiger partial charge in [-0.3, -0.25) is 4.79 Å². The third-order valence-electron chi connectivity index (χ3n) is 2.98. The average Bonchev–Trinajstić information content (AvgIpc) is 2.89. The van der Waals surface area contributed by atoms with E-state index < -0.39 is 18.0 Å². The van der Waals surface area contributed by atoms with E-state index in [2.05, 4.69) is 0 Å². The van der Waals surface area contributed by atoms with Crippen LogP contribution in [0.4, 0.5) is 0 Å². The summed E-state index contributed by atoms with van der Waals surface area (Å²) in [5, 5.41) is 8.66. The molecule has 18 heavy (non-hydrogen) atoms. The van der Waals surface area contributed by atoms with Crippen LogP contribution >= 0.6 is 0 Å². The van der Waals surface area contributed by atoms with Gasteiger partial charge in [0.15, 0.2) is 11.5 Å². The highest BCUT2D eigenvalue weighted by atomic mass is 16.7. The molecule has 0 saturated heterocycles. The Morgan fingerprint density at radius 2 is 2.06 bits per heavy atom. The second-order valence-corrected chi connectivity index (χ2v) is 4.12. The van der Waals surface area contributed by atoms with Gasteiger partial charge in [0.2, 0.25) is 6.79 Å². The molecule has 0 fully saturated rings. The SMILES string of the molecule is O=C(O)CCC1OC(=O)c2cc3c(cc21)OCO3. The zero-order valence-electron chi connectivity index (χ0n) is 9.34. The minimum atomic E-state index is -0.916. The number of carboxylic acids is 1. The summed E-state index contributed by atoms with van der Waals surface area (Å²) < 4.78 is 15.6. The van der Waals surface area contributed by atoms with Gasteiger partial charge in [-0.15, -0.1) is 0 Å². The van der Waals surface area contributed by atoms with Gasteiger partial charge in [0.25, 0.3) is 0 Å². The zero-order chi connectivity index (χ0) is 12.7. The molecule has 1 aromatic carbocycles. The number of fused-ring (bicyclic) bond motifs is 2. The smallest absolute Gasteiger partial charge is 0.339 e. The fourth-order valence-electron chi connectivity index (χ4n) is 2.13. The number of ether oxygens (including phenoxy) is 3. The van der Waals surface area contributed by atoms with Crippen molar-refractivity contribution in [3.63, 3.8) is 0 Å².